The first-order valence-electron chi connectivity index (χ1n) is 9.64. The van der Waals surface area contributed by atoms with Crippen LogP contribution in [0.5, 0.6) is 11.5 Å². The van der Waals surface area contributed by atoms with Crippen molar-refractivity contribution >= 4 is 5.97 Å². The number of ether oxygens (including phenoxy) is 2. The van der Waals surface area contributed by atoms with Crippen LogP contribution in [-0.4, -0.2) is 23.8 Å². The number of aliphatic carboxylic acids is 1. The Labute approximate surface area is 172 Å². The summed E-state index contributed by atoms with van der Waals surface area (Å²) >= 11 is 0. The highest BCUT2D eigenvalue weighted by Gasteiger charge is 2.31. The molecular weight excluding hydrogens is 390 g/mol. The predicted octanol–water partition coefficient (Wildman–Crippen LogP) is 5.77. The van der Waals surface area contributed by atoms with Gasteiger partial charge in [0.1, 0.15) is 29.7 Å². The Morgan fingerprint density at radius 2 is 1.70 bits per heavy atom. The smallest absolute Gasteiger partial charge is 0.329 e. The molecule has 0 heterocycles. The number of halogens is 2. The zero-order chi connectivity index (χ0) is 21.1. The van der Waals surface area contributed by atoms with E-state index in [1.165, 1.54) is 24.3 Å². The van der Waals surface area contributed by atoms with E-state index in [0.717, 1.165) is 18.4 Å². The number of rotatable bonds is 7. The largest absolute Gasteiger partial charge is 0.480 e. The predicted molar refractivity (Wildman–Crippen MR) is 108 cm³/mol. The topological polar surface area (TPSA) is 55.8 Å². The monoisotopic (exact) mass is 410 g/mol. The maximum atomic E-state index is 14.4. The third-order valence-corrected chi connectivity index (χ3v) is 5.20. The van der Waals surface area contributed by atoms with E-state index >= 15 is 0 Å². The van der Waals surface area contributed by atoms with Crippen LogP contribution in [0.2, 0.25) is 0 Å². The van der Waals surface area contributed by atoms with Gasteiger partial charge in [0.2, 0.25) is 0 Å². The molecule has 0 amide bonds. The van der Waals surface area contributed by atoms with E-state index in [0.29, 0.717) is 28.5 Å². The lowest BCUT2D eigenvalue weighted by Gasteiger charge is -2.35. The molecule has 30 heavy (non-hydrogen) atoms. The highest BCUT2D eigenvalue weighted by molar-refractivity contribution is 5.68. The molecule has 4 nitrogen and oxygen atoms in total. The second-order valence-corrected chi connectivity index (χ2v) is 7.32. The molecule has 1 aliphatic rings. The Balaban J connectivity index is 1.44. The van der Waals surface area contributed by atoms with Gasteiger partial charge in [-0.3, -0.25) is 0 Å². The Morgan fingerprint density at radius 1 is 0.967 bits per heavy atom. The highest BCUT2D eigenvalue weighted by Crippen LogP contribution is 2.39. The molecular formula is C24H20F2O4. The van der Waals surface area contributed by atoms with E-state index in [2.05, 4.69) is 0 Å². The van der Waals surface area contributed by atoms with Crippen molar-refractivity contribution in [2.75, 3.05) is 6.61 Å². The van der Waals surface area contributed by atoms with Crippen LogP contribution in [0.3, 0.4) is 0 Å². The zero-order valence-electron chi connectivity index (χ0n) is 16.1. The minimum Gasteiger partial charge on any atom is -0.480 e. The van der Waals surface area contributed by atoms with Crippen molar-refractivity contribution in [1.82, 2.24) is 0 Å². The summed E-state index contributed by atoms with van der Waals surface area (Å²) < 4.78 is 38.7. The van der Waals surface area contributed by atoms with Gasteiger partial charge in [-0.05, 0) is 60.2 Å². The molecule has 0 saturated heterocycles. The lowest BCUT2D eigenvalue weighted by molar-refractivity contribution is -0.146. The van der Waals surface area contributed by atoms with Crippen LogP contribution >= 0.6 is 0 Å². The Bertz CT molecular complexity index is 1040. The van der Waals surface area contributed by atoms with Gasteiger partial charge >= 0.3 is 5.97 Å². The molecule has 0 bridgehead atoms. The van der Waals surface area contributed by atoms with E-state index in [-0.39, 0.29) is 18.5 Å². The Hall–Kier alpha value is -3.25. The molecule has 0 spiro atoms. The fraction of sp³-hybridized carbons (Fsp3) is 0.208. The molecule has 0 aromatic heterocycles. The van der Waals surface area contributed by atoms with E-state index in [1.807, 2.05) is 24.3 Å². The number of carbonyl (C=O) groups is 1. The normalized spacial score (nSPS) is 17.9. The first kappa shape index (κ1) is 20.0. The number of hydrogen-bond acceptors (Lipinski definition) is 3. The summed E-state index contributed by atoms with van der Waals surface area (Å²) in [6.07, 6.45) is 1.52. The standard InChI is InChI=1S/C24H20F2O4/c25-18-2-1-3-19(12-18)30-20-8-9-23(26)22(13-20)16-6-4-15(5-7-16)17-10-21(11-17)29-14-24(27)28/h1-9,12-13,17,21H,10-11,14H2,(H,27,28)/t17-,21+. The highest BCUT2D eigenvalue weighted by atomic mass is 19.1. The van der Waals surface area contributed by atoms with Crippen LogP contribution in [-0.2, 0) is 9.53 Å². The van der Waals surface area contributed by atoms with Crippen molar-refractivity contribution in [1.29, 1.82) is 0 Å². The van der Waals surface area contributed by atoms with Crippen LogP contribution < -0.4 is 4.74 Å². The van der Waals surface area contributed by atoms with Crippen LogP contribution in [0, 0.1) is 11.6 Å². The maximum Gasteiger partial charge on any atom is 0.329 e. The van der Waals surface area contributed by atoms with Crippen molar-refractivity contribution in [2.45, 2.75) is 24.9 Å². The van der Waals surface area contributed by atoms with Gasteiger partial charge in [-0.15, -0.1) is 0 Å². The van der Waals surface area contributed by atoms with Crippen molar-refractivity contribution in [3.8, 4) is 22.6 Å². The van der Waals surface area contributed by atoms with Gasteiger partial charge in [0, 0.05) is 11.6 Å². The fourth-order valence-electron chi connectivity index (χ4n) is 3.55. The second-order valence-electron chi connectivity index (χ2n) is 7.32. The Morgan fingerprint density at radius 3 is 2.40 bits per heavy atom. The van der Waals surface area contributed by atoms with Gasteiger partial charge < -0.3 is 14.6 Å². The molecule has 1 aliphatic carbocycles. The molecule has 0 atom stereocenters. The first-order valence-corrected chi connectivity index (χ1v) is 9.64. The van der Waals surface area contributed by atoms with E-state index in [4.69, 9.17) is 14.6 Å². The van der Waals surface area contributed by atoms with Crippen LogP contribution in [0.15, 0.2) is 66.7 Å². The lowest BCUT2D eigenvalue weighted by Crippen LogP contribution is -2.31. The minimum absolute atomic E-state index is 0.0279. The summed E-state index contributed by atoms with van der Waals surface area (Å²) in [6.45, 7) is -0.274. The summed E-state index contributed by atoms with van der Waals surface area (Å²) in [5.41, 5.74) is 2.21. The first-order chi connectivity index (χ1) is 14.5. The average molecular weight is 410 g/mol. The summed E-state index contributed by atoms with van der Waals surface area (Å²) in [4.78, 5) is 10.6. The average Bonchev–Trinajstić information content (AvgIpc) is 2.69. The van der Waals surface area contributed by atoms with Gasteiger partial charge in [0.25, 0.3) is 0 Å². The van der Waals surface area contributed by atoms with Crippen molar-refractivity contribution in [3.63, 3.8) is 0 Å². The molecule has 0 aliphatic heterocycles. The molecule has 6 heteroatoms. The molecule has 1 fully saturated rings. The summed E-state index contributed by atoms with van der Waals surface area (Å²) in [5.74, 6) is -0.679. The van der Waals surface area contributed by atoms with Crippen molar-refractivity contribution in [3.05, 3.63) is 83.9 Å². The van der Waals surface area contributed by atoms with Gasteiger partial charge in [0.15, 0.2) is 0 Å². The van der Waals surface area contributed by atoms with E-state index in [1.54, 1.807) is 18.2 Å². The molecule has 1 N–H and O–H groups in total. The molecule has 0 unspecified atom stereocenters. The quantitative estimate of drug-likeness (QED) is 0.537. The Kier molecular flexibility index (Phi) is 5.77. The second kappa shape index (κ2) is 8.63. The number of hydrogen-bond donors (Lipinski definition) is 1. The van der Waals surface area contributed by atoms with Crippen LogP contribution in [0.1, 0.15) is 24.3 Å². The van der Waals surface area contributed by atoms with E-state index < -0.39 is 11.8 Å². The SMILES string of the molecule is O=C(O)CO[C@H]1C[C@@H](c2ccc(-c3cc(Oc4cccc(F)c4)ccc3F)cc2)C1. The molecule has 1 saturated carbocycles. The third-order valence-electron chi connectivity index (χ3n) is 5.20. The molecule has 4 rings (SSSR count). The van der Waals surface area contributed by atoms with Gasteiger partial charge in [-0.2, -0.15) is 0 Å². The summed E-state index contributed by atoms with van der Waals surface area (Å²) in [6, 6.07) is 17.8. The third kappa shape index (κ3) is 4.66. The molecule has 3 aromatic carbocycles. The maximum absolute atomic E-state index is 14.4. The number of benzene rings is 3. The number of carboxylic acids is 1. The van der Waals surface area contributed by atoms with Gasteiger partial charge in [-0.1, -0.05) is 30.3 Å². The van der Waals surface area contributed by atoms with Crippen LogP contribution in [0.25, 0.3) is 11.1 Å². The summed E-state index contributed by atoms with van der Waals surface area (Å²) in [7, 11) is 0. The van der Waals surface area contributed by atoms with Crippen LogP contribution in [0.4, 0.5) is 8.78 Å². The summed E-state index contributed by atoms with van der Waals surface area (Å²) in [5, 5.41) is 8.66. The minimum atomic E-state index is -0.964. The lowest BCUT2D eigenvalue weighted by atomic mass is 9.77. The van der Waals surface area contributed by atoms with E-state index in [9.17, 15) is 13.6 Å². The molecule has 0 radical (unpaired) electrons. The fourth-order valence-corrected chi connectivity index (χ4v) is 3.55. The van der Waals surface area contributed by atoms with Gasteiger partial charge in [-0.25, -0.2) is 13.6 Å². The van der Waals surface area contributed by atoms with Crippen molar-refractivity contribution in [2.24, 2.45) is 0 Å². The molecule has 3 aromatic rings. The van der Waals surface area contributed by atoms with Crippen molar-refractivity contribution < 1.29 is 28.2 Å². The molecule has 154 valence electrons. The zero-order valence-corrected chi connectivity index (χ0v) is 16.1. The van der Waals surface area contributed by atoms with Gasteiger partial charge in [0.05, 0.1) is 6.10 Å². The number of carboxylic acid groups (broad SMARTS) is 1.